The van der Waals surface area contributed by atoms with Crippen LogP contribution in [0.5, 0.6) is 0 Å². The van der Waals surface area contributed by atoms with Crippen molar-refractivity contribution in [2.24, 2.45) is 11.3 Å². The van der Waals surface area contributed by atoms with E-state index < -0.39 is 6.10 Å². The molecule has 1 aliphatic carbocycles. The van der Waals surface area contributed by atoms with Crippen LogP contribution in [0.4, 0.5) is 0 Å². The Morgan fingerprint density at radius 2 is 2.17 bits per heavy atom. The molecular weight excluding hydrogens is 152 g/mol. The summed E-state index contributed by atoms with van der Waals surface area (Å²) < 4.78 is 0. The van der Waals surface area contributed by atoms with Crippen LogP contribution in [0, 0.1) is 11.3 Å². The Balaban J connectivity index is 2.73. The number of carbonyl (C=O) groups is 1. The maximum Gasteiger partial charge on any atom is 0.144 e. The van der Waals surface area contributed by atoms with Gasteiger partial charge in [-0.3, -0.25) is 4.79 Å². The van der Waals surface area contributed by atoms with Crippen molar-refractivity contribution in [3.05, 3.63) is 0 Å². The van der Waals surface area contributed by atoms with Crippen molar-refractivity contribution in [3.63, 3.8) is 0 Å². The highest BCUT2D eigenvalue weighted by Crippen LogP contribution is 2.36. The number of ketones is 1. The number of carbonyl (C=O) groups excluding carboxylic acids is 1. The van der Waals surface area contributed by atoms with Crippen LogP contribution in [-0.4, -0.2) is 17.0 Å². The highest BCUT2D eigenvalue weighted by molar-refractivity contribution is 5.87. The van der Waals surface area contributed by atoms with Crippen LogP contribution in [-0.2, 0) is 4.79 Å². The summed E-state index contributed by atoms with van der Waals surface area (Å²) in [6, 6.07) is 0. The minimum Gasteiger partial charge on any atom is -0.393 e. The molecule has 1 saturated carbocycles. The first-order chi connectivity index (χ1) is 5.45. The van der Waals surface area contributed by atoms with E-state index in [-0.39, 0.29) is 17.1 Å². The highest BCUT2D eigenvalue weighted by atomic mass is 16.3. The van der Waals surface area contributed by atoms with E-state index in [9.17, 15) is 9.90 Å². The molecule has 1 aliphatic rings. The zero-order valence-corrected chi connectivity index (χ0v) is 8.13. The third kappa shape index (κ3) is 1.69. The minimum absolute atomic E-state index is 0.117. The molecule has 0 aliphatic heterocycles. The van der Waals surface area contributed by atoms with Gasteiger partial charge in [0.05, 0.1) is 6.10 Å². The van der Waals surface area contributed by atoms with Crippen LogP contribution < -0.4 is 0 Å². The van der Waals surface area contributed by atoms with E-state index in [1.54, 1.807) is 6.92 Å². The van der Waals surface area contributed by atoms with Crippen molar-refractivity contribution in [2.45, 2.75) is 46.1 Å². The third-order valence-electron chi connectivity index (χ3n) is 2.90. The molecule has 0 bridgehead atoms. The summed E-state index contributed by atoms with van der Waals surface area (Å²) in [4.78, 5) is 11.7. The van der Waals surface area contributed by atoms with Crippen LogP contribution in [0.2, 0.25) is 0 Å². The summed E-state index contributed by atoms with van der Waals surface area (Å²) in [5.74, 6) is 0.123. The van der Waals surface area contributed by atoms with Gasteiger partial charge in [0.25, 0.3) is 0 Å². The van der Waals surface area contributed by atoms with Crippen molar-refractivity contribution in [1.82, 2.24) is 0 Å². The predicted octanol–water partition coefficient (Wildman–Crippen LogP) is 1.76. The Kier molecular flexibility index (Phi) is 2.57. The molecule has 0 spiro atoms. The fourth-order valence-electron chi connectivity index (χ4n) is 1.98. The maximum atomic E-state index is 11.7. The highest BCUT2D eigenvalue weighted by Gasteiger charge is 2.38. The van der Waals surface area contributed by atoms with Gasteiger partial charge in [0.15, 0.2) is 0 Å². The summed E-state index contributed by atoms with van der Waals surface area (Å²) in [5.41, 5.74) is -0.208. The number of hydrogen-bond donors (Lipinski definition) is 1. The molecule has 0 aromatic carbocycles. The Bertz CT molecular complexity index is 182. The summed E-state index contributed by atoms with van der Waals surface area (Å²) in [6.07, 6.45) is 2.42. The summed E-state index contributed by atoms with van der Waals surface area (Å²) >= 11 is 0. The second-order valence-corrected chi connectivity index (χ2v) is 4.49. The van der Waals surface area contributed by atoms with E-state index in [4.69, 9.17) is 0 Å². The van der Waals surface area contributed by atoms with Gasteiger partial charge in [0, 0.05) is 11.3 Å². The fraction of sp³-hybridized carbons (Fsp3) is 0.900. The lowest BCUT2D eigenvalue weighted by Gasteiger charge is -2.34. The van der Waals surface area contributed by atoms with Gasteiger partial charge in [0.2, 0.25) is 0 Å². The van der Waals surface area contributed by atoms with E-state index >= 15 is 0 Å². The van der Waals surface area contributed by atoms with E-state index in [1.807, 2.05) is 13.8 Å². The molecule has 1 rings (SSSR count). The van der Waals surface area contributed by atoms with Crippen LogP contribution in [0.3, 0.4) is 0 Å². The Labute approximate surface area is 74.0 Å². The van der Waals surface area contributed by atoms with Gasteiger partial charge in [-0.25, -0.2) is 0 Å². The van der Waals surface area contributed by atoms with Crippen molar-refractivity contribution in [1.29, 1.82) is 0 Å². The van der Waals surface area contributed by atoms with Gasteiger partial charge < -0.3 is 5.11 Å². The number of Topliss-reactive ketones (excluding diaryl/α,β-unsaturated/α-hetero) is 1. The average Bonchev–Trinajstić information content (AvgIpc) is 1.94. The van der Waals surface area contributed by atoms with Gasteiger partial charge in [-0.2, -0.15) is 0 Å². The lowest BCUT2D eigenvalue weighted by Crippen LogP contribution is -2.40. The van der Waals surface area contributed by atoms with Crippen LogP contribution in [0.15, 0.2) is 0 Å². The molecule has 0 heterocycles. The van der Waals surface area contributed by atoms with Gasteiger partial charge in [-0.15, -0.1) is 0 Å². The van der Waals surface area contributed by atoms with Gasteiger partial charge in [-0.1, -0.05) is 20.3 Å². The minimum atomic E-state index is -0.475. The summed E-state index contributed by atoms with van der Waals surface area (Å²) in [7, 11) is 0. The zero-order valence-electron chi connectivity index (χ0n) is 8.13. The molecule has 1 fully saturated rings. The van der Waals surface area contributed by atoms with Crippen LogP contribution >= 0.6 is 0 Å². The van der Waals surface area contributed by atoms with E-state index in [0.29, 0.717) is 0 Å². The molecular formula is C10H18O2. The lowest BCUT2D eigenvalue weighted by atomic mass is 9.69. The largest absolute Gasteiger partial charge is 0.393 e. The molecule has 0 aromatic rings. The first-order valence-electron chi connectivity index (χ1n) is 4.67. The normalized spacial score (nSPS) is 31.7. The van der Waals surface area contributed by atoms with Crippen molar-refractivity contribution in [2.75, 3.05) is 0 Å². The molecule has 2 atom stereocenters. The monoisotopic (exact) mass is 170 g/mol. The lowest BCUT2D eigenvalue weighted by molar-refractivity contribution is -0.138. The van der Waals surface area contributed by atoms with Crippen LogP contribution in [0.1, 0.15) is 40.0 Å². The molecule has 12 heavy (non-hydrogen) atoms. The predicted molar refractivity (Wildman–Crippen MR) is 47.8 cm³/mol. The standard InChI is InChI=1S/C10H18O2/c1-7(11)8-5-4-6-10(2,3)9(8)12/h7-8,11H,4-6H2,1-3H3. The number of aliphatic hydroxyl groups is 1. The molecule has 70 valence electrons. The number of rotatable bonds is 1. The first kappa shape index (κ1) is 9.72. The maximum absolute atomic E-state index is 11.7. The van der Waals surface area contributed by atoms with Gasteiger partial charge >= 0.3 is 0 Å². The molecule has 1 N–H and O–H groups in total. The fourth-order valence-corrected chi connectivity index (χ4v) is 1.98. The zero-order chi connectivity index (χ0) is 9.35. The molecule has 0 amide bonds. The van der Waals surface area contributed by atoms with Crippen molar-refractivity contribution < 1.29 is 9.90 Å². The average molecular weight is 170 g/mol. The Morgan fingerprint density at radius 1 is 1.58 bits per heavy atom. The van der Waals surface area contributed by atoms with Crippen LogP contribution in [0.25, 0.3) is 0 Å². The van der Waals surface area contributed by atoms with E-state index in [0.717, 1.165) is 19.3 Å². The first-order valence-corrected chi connectivity index (χ1v) is 4.67. The smallest absolute Gasteiger partial charge is 0.144 e. The van der Waals surface area contributed by atoms with Crippen molar-refractivity contribution in [3.8, 4) is 0 Å². The molecule has 2 unspecified atom stereocenters. The van der Waals surface area contributed by atoms with E-state index in [1.165, 1.54) is 0 Å². The topological polar surface area (TPSA) is 37.3 Å². The Hall–Kier alpha value is -0.370. The van der Waals surface area contributed by atoms with Gasteiger partial charge in [-0.05, 0) is 19.8 Å². The number of hydrogen-bond acceptors (Lipinski definition) is 2. The Morgan fingerprint density at radius 3 is 2.58 bits per heavy atom. The van der Waals surface area contributed by atoms with E-state index in [2.05, 4.69) is 0 Å². The molecule has 0 aromatic heterocycles. The molecule has 2 nitrogen and oxygen atoms in total. The quantitative estimate of drug-likeness (QED) is 0.651. The SMILES string of the molecule is CC(O)C1CCCC(C)(C)C1=O. The second-order valence-electron chi connectivity index (χ2n) is 4.49. The second kappa shape index (κ2) is 3.17. The molecule has 0 radical (unpaired) electrons. The van der Waals surface area contributed by atoms with Gasteiger partial charge in [0.1, 0.15) is 5.78 Å². The number of aliphatic hydroxyl groups excluding tert-OH is 1. The molecule has 2 heteroatoms. The third-order valence-corrected chi connectivity index (χ3v) is 2.90. The van der Waals surface area contributed by atoms with Crippen molar-refractivity contribution >= 4 is 5.78 Å². The molecule has 0 saturated heterocycles. The summed E-state index contributed by atoms with van der Waals surface area (Å²) in [5, 5.41) is 9.36. The summed E-state index contributed by atoms with van der Waals surface area (Å²) in [6.45, 7) is 5.66.